The summed E-state index contributed by atoms with van der Waals surface area (Å²) in [5.74, 6) is 0. The molecule has 28 heavy (non-hydrogen) atoms. The number of nitrogen functional groups attached to an aromatic ring is 1. The van der Waals surface area contributed by atoms with E-state index in [1.807, 2.05) is 37.4 Å². The molecule has 0 saturated heterocycles. The molecule has 0 unspecified atom stereocenters. The van der Waals surface area contributed by atoms with Crippen molar-refractivity contribution in [2.45, 2.75) is 6.54 Å². The summed E-state index contributed by atoms with van der Waals surface area (Å²) in [6.07, 6.45) is 0. The minimum Gasteiger partial charge on any atom is -0.396 e. The molecule has 2 aromatic heterocycles. The van der Waals surface area contributed by atoms with Gasteiger partial charge in [-0.15, -0.1) is 0 Å². The van der Waals surface area contributed by atoms with E-state index in [0.717, 1.165) is 35.1 Å². The third-order valence-electron chi connectivity index (χ3n) is 4.87. The Morgan fingerprint density at radius 1 is 1.14 bits per heavy atom. The standard InChI is InChI=1S/C21H23N5O2/c1-26(9-10-28-2)12-13-7-8-15-14(11-13)18(22)19(23-15)20-21(27)25-17-6-4-3-5-16(17)24-20/h3-8,11,23H,9-10,12,22H2,1-2H3,(H,25,27). The number of ether oxygens (including phenoxy) is 1. The van der Waals surface area contributed by atoms with Gasteiger partial charge in [-0.1, -0.05) is 18.2 Å². The molecule has 0 saturated carbocycles. The number of nitrogens with two attached hydrogens (primary N) is 1. The Labute approximate surface area is 162 Å². The zero-order valence-corrected chi connectivity index (χ0v) is 16.0. The number of hydrogen-bond acceptors (Lipinski definition) is 5. The molecule has 4 aromatic rings. The first-order chi connectivity index (χ1) is 13.6. The van der Waals surface area contributed by atoms with Crippen molar-refractivity contribution >= 4 is 27.6 Å². The third-order valence-corrected chi connectivity index (χ3v) is 4.87. The molecule has 0 aliphatic rings. The van der Waals surface area contributed by atoms with Gasteiger partial charge in [-0.2, -0.15) is 0 Å². The van der Waals surface area contributed by atoms with Gasteiger partial charge in [-0.05, 0) is 36.9 Å². The molecule has 0 aliphatic carbocycles. The number of anilines is 1. The molecule has 0 radical (unpaired) electrons. The van der Waals surface area contributed by atoms with Crippen LogP contribution < -0.4 is 11.3 Å². The Morgan fingerprint density at radius 2 is 1.96 bits per heavy atom. The van der Waals surface area contributed by atoms with Crippen molar-refractivity contribution in [3.05, 3.63) is 58.4 Å². The molecule has 2 heterocycles. The van der Waals surface area contributed by atoms with Gasteiger partial charge in [0.1, 0.15) is 0 Å². The molecule has 0 bridgehead atoms. The van der Waals surface area contributed by atoms with Crippen molar-refractivity contribution in [2.75, 3.05) is 33.0 Å². The van der Waals surface area contributed by atoms with Crippen molar-refractivity contribution < 1.29 is 4.74 Å². The second-order valence-electron chi connectivity index (χ2n) is 6.96. The zero-order valence-electron chi connectivity index (χ0n) is 16.0. The van der Waals surface area contributed by atoms with E-state index in [-0.39, 0.29) is 5.56 Å². The molecule has 2 aromatic carbocycles. The van der Waals surface area contributed by atoms with E-state index in [1.165, 1.54) is 0 Å². The average Bonchev–Trinajstić information content (AvgIpc) is 3.02. The number of fused-ring (bicyclic) bond motifs is 2. The largest absolute Gasteiger partial charge is 0.396 e. The van der Waals surface area contributed by atoms with Crippen molar-refractivity contribution in [3.8, 4) is 11.4 Å². The predicted molar refractivity (Wildman–Crippen MR) is 112 cm³/mol. The maximum Gasteiger partial charge on any atom is 0.276 e. The van der Waals surface area contributed by atoms with Crippen LogP contribution in [0.4, 0.5) is 5.69 Å². The summed E-state index contributed by atoms with van der Waals surface area (Å²) in [6.45, 7) is 2.32. The zero-order chi connectivity index (χ0) is 19.7. The predicted octanol–water partition coefficient (Wildman–Crippen LogP) is 2.73. The highest BCUT2D eigenvalue weighted by Crippen LogP contribution is 2.31. The molecule has 0 fully saturated rings. The number of hydrogen-bond donors (Lipinski definition) is 3. The van der Waals surface area contributed by atoms with Gasteiger partial charge in [0.2, 0.25) is 0 Å². The number of likely N-dealkylation sites (N-methyl/N-ethyl adjacent to an activating group) is 1. The highest BCUT2D eigenvalue weighted by molar-refractivity contribution is 6.00. The first-order valence-corrected chi connectivity index (χ1v) is 9.14. The summed E-state index contributed by atoms with van der Waals surface area (Å²) in [5, 5.41) is 0.891. The fraction of sp³-hybridized carbons (Fsp3) is 0.238. The van der Waals surface area contributed by atoms with Gasteiger partial charge >= 0.3 is 0 Å². The summed E-state index contributed by atoms with van der Waals surface area (Å²) in [6, 6.07) is 13.5. The maximum atomic E-state index is 12.6. The van der Waals surface area contributed by atoms with E-state index in [4.69, 9.17) is 10.5 Å². The Kier molecular flexibility index (Phi) is 4.85. The van der Waals surface area contributed by atoms with Crippen LogP contribution in [-0.4, -0.2) is 47.2 Å². The number of rotatable bonds is 6. The number of para-hydroxylation sites is 2. The van der Waals surface area contributed by atoms with Crippen LogP contribution in [0.3, 0.4) is 0 Å². The van der Waals surface area contributed by atoms with Gasteiger partial charge in [0.25, 0.3) is 5.56 Å². The van der Waals surface area contributed by atoms with E-state index in [2.05, 4.69) is 32.0 Å². The summed E-state index contributed by atoms with van der Waals surface area (Å²) < 4.78 is 5.13. The molecule has 0 aliphatic heterocycles. The Bertz CT molecular complexity index is 1190. The first-order valence-electron chi connectivity index (χ1n) is 9.14. The normalized spacial score (nSPS) is 11.7. The molecule has 7 nitrogen and oxygen atoms in total. The van der Waals surface area contributed by atoms with E-state index < -0.39 is 0 Å². The van der Waals surface area contributed by atoms with Crippen LogP contribution in [0.2, 0.25) is 0 Å². The smallest absolute Gasteiger partial charge is 0.276 e. The number of H-pyrrole nitrogens is 2. The van der Waals surface area contributed by atoms with Crippen LogP contribution in [-0.2, 0) is 11.3 Å². The van der Waals surface area contributed by atoms with Gasteiger partial charge in [0.05, 0.1) is 29.0 Å². The fourth-order valence-electron chi connectivity index (χ4n) is 3.38. The molecule has 4 N–H and O–H groups in total. The minimum absolute atomic E-state index is 0.267. The second kappa shape index (κ2) is 7.46. The molecule has 4 rings (SSSR count). The number of benzene rings is 2. The molecule has 144 valence electrons. The van der Waals surface area contributed by atoms with E-state index in [9.17, 15) is 4.79 Å². The highest BCUT2D eigenvalue weighted by atomic mass is 16.5. The summed E-state index contributed by atoms with van der Waals surface area (Å²) in [4.78, 5) is 25.4. The molecular weight excluding hydrogens is 354 g/mol. The second-order valence-corrected chi connectivity index (χ2v) is 6.96. The first kappa shape index (κ1) is 18.2. The lowest BCUT2D eigenvalue weighted by atomic mass is 10.1. The van der Waals surface area contributed by atoms with Gasteiger partial charge < -0.3 is 20.4 Å². The summed E-state index contributed by atoms with van der Waals surface area (Å²) >= 11 is 0. The van der Waals surface area contributed by atoms with Crippen LogP contribution in [0.25, 0.3) is 33.3 Å². The molecule has 0 atom stereocenters. The average molecular weight is 377 g/mol. The fourth-order valence-corrected chi connectivity index (χ4v) is 3.38. The Hall–Kier alpha value is -3.16. The van der Waals surface area contributed by atoms with E-state index in [0.29, 0.717) is 29.2 Å². The monoisotopic (exact) mass is 377 g/mol. The van der Waals surface area contributed by atoms with Crippen LogP contribution in [0.5, 0.6) is 0 Å². The van der Waals surface area contributed by atoms with E-state index >= 15 is 0 Å². The van der Waals surface area contributed by atoms with Gasteiger partial charge in [-0.25, -0.2) is 4.98 Å². The van der Waals surface area contributed by atoms with Crippen LogP contribution in [0.15, 0.2) is 47.3 Å². The molecule has 7 heteroatoms. The number of methoxy groups -OCH3 is 1. The lowest BCUT2D eigenvalue weighted by Gasteiger charge is -2.16. The van der Waals surface area contributed by atoms with Gasteiger partial charge in [0.15, 0.2) is 5.69 Å². The quantitative estimate of drug-likeness (QED) is 0.480. The van der Waals surface area contributed by atoms with Gasteiger partial charge in [-0.3, -0.25) is 9.69 Å². The Morgan fingerprint density at radius 3 is 2.79 bits per heavy atom. The number of nitrogens with zero attached hydrogens (tertiary/aromatic N) is 2. The number of aromatic nitrogens is 3. The minimum atomic E-state index is -0.267. The number of nitrogens with one attached hydrogen (secondary N) is 2. The van der Waals surface area contributed by atoms with E-state index in [1.54, 1.807) is 7.11 Å². The van der Waals surface area contributed by atoms with Crippen molar-refractivity contribution in [1.82, 2.24) is 19.9 Å². The molecule has 0 spiro atoms. The maximum absolute atomic E-state index is 12.6. The molecule has 0 amide bonds. The molecular formula is C21H23N5O2. The third kappa shape index (κ3) is 3.37. The van der Waals surface area contributed by atoms with Crippen LogP contribution >= 0.6 is 0 Å². The lowest BCUT2D eigenvalue weighted by Crippen LogP contribution is -2.22. The topological polar surface area (TPSA) is 100 Å². The van der Waals surface area contributed by atoms with Crippen LogP contribution in [0.1, 0.15) is 5.56 Å². The number of aromatic amines is 2. The SMILES string of the molecule is COCCN(C)Cc1ccc2[nH]c(-c3nc4ccccc4[nH]c3=O)c(N)c2c1. The summed E-state index contributed by atoms with van der Waals surface area (Å²) in [7, 11) is 3.75. The lowest BCUT2D eigenvalue weighted by molar-refractivity contribution is 0.158. The highest BCUT2D eigenvalue weighted by Gasteiger charge is 2.16. The van der Waals surface area contributed by atoms with Crippen molar-refractivity contribution in [1.29, 1.82) is 0 Å². The van der Waals surface area contributed by atoms with Gasteiger partial charge in [0, 0.05) is 31.1 Å². The summed E-state index contributed by atoms with van der Waals surface area (Å²) in [5.41, 5.74) is 11.0. The van der Waals surface area contributed by atoms with Crippen molar-refractivity contribution in [3.63, 3.8) is 0 Å². The van der Waals surface area contributed by atoms with Crippen molar-refractivity contribution in [2.24, 2.45) is 0 Å². The van der Waals surface area contributed by atoms with Crippen LogP contribution in [0, 0.1) is 0 Å². The Balaban J connectivity index is 1.74.